The monoisotopic (exact) mass is 267 g/mol. The van der Waals surface area contributed by atoms with Crippen LogP contribution in [0.25, 0.3) is 0 Å². The quantitative estimate of drug-likeness (QED) is 0.874. The fourth-order valence-corrected chi connectivity index (χ4v) is 3.03. The summed E-state index contributed by atoms with van der Waals surface area (Å²) in [6, 6.07) is 0.450. The summed E-state index contributed by atoms with van der Waals surface area (Å²) in [5.41, 5.74) is 0. The molecule has 4 nitrogen and oxygen atoms in total. The number of carbonyl (C=O) groups excluding carboxylic acids is 1. The third kappa shape index (κ3) is 3.53. The second kappa shape index (κ2) is 6.29. The van der Waals surface area contributed by atoms with Gasteiger partial charge in [0.05, 0.1) is 5.01 Å². The predicted octanol–water partition coefficient (Wildman–Crippen LogP) is 1.75. The Labute approximate surface area is 112 Å². The Morgan fingerprint density at radius 3 is 3.22 bits per heavy atom. The summed E-state index contributed by atoms with van der Waals surface area (Å²) in [4.78, 5) is 16.3. The van der Waals surface area contributed by atoms with Gasteiger partial charge < -0.3 is 10.6 Å². The Balaban J connectivity index is 1.77. The molecular formula is C13H21N3OS. The van der Waals surface area contributed by atoms with Crippen LogP contribution in [0.4, 0.5) is 0 Å². The van der Waals surface area contributed by atoms with Crippen molar-refractivity contribution in [3.05, 3.63) is 16.6 Å². The standard InChI is InChI=1S/C13H21N3OS/c1-9(13-15-5-6-18-13)8-16-12(17)11-3-4-14-10(2)7-11/h5-6,9-11,14H,3-4,7-8H2,1-2H3,(H,16,17). The third-order valence-corrected chi connectivity index (χ3v) is 4.46. The highest BCUT2D eigenvalue weighted by atomic mass is 32.1. The molecule has 1 fully saturated rings. The number of aromatic nitrogens is 1. The highest BCUT2D eigenvalue weighted by Crippen LogP contribution is 2.18. The van der Waals surface area contributed by atoms with E-state index in [1.807, 2.05) is 11.6 Å². The van der Waals surface area contributed by atoms with Gasteiger partial charge in [-0.3, -0.25) is 4.79 Å². The van der Waals surface area contributed by atoms with Crippen molar-refractivity contribution in [1.82, 2.24) is 15.6 Å². The van der Waals surface area contributed by atoms with Gasteiger partial charge in [0, 0.05) is 36.0 Å². The van der Waals surface area contributed by atoms with Crippen LogP contribution in [0.1, 0.15) is 37.6 Å². The second-order valence-corrected chi connectivity index (χ2v) is 6.02. The molecule has 1 aromatic heterocycles. The summed E-state index contributed by atoms with van der Waals surface area (Å²) in [5, 5.41) is 9.49. The van der Waals surface area contributed by atoms with Gasteiger partial charge in [0.2, 0.25) is 5.91 Å². The van der Waals surface area contributed by atoms with E-state index in [2.05, 4.69) is 29.5 Å². The largest absolute Gasteiger partial charge is 0.355 e. The Bertz CT molecular complexity index is 380. The summed E-state index contributed by atoms with van der Waals surface area (Å²) in [5.74, 6) is 0.671. The van der Waals surface area contributed by atoms with Crippen molar-refractivity contribution in [2.75, 3.05) is 13.1 Å². The second-order valence-electron chi connectivity index (χ2n) is 5.09. The zero-order valence-electron chi connectivity index (χ0n) is 11.0. The lowest BCUT2D eigenvalue weighted by Crippen LogP contribution is -2.43. The van der Waals surface area contributed by atoms with E-state index in [4.69, 9.17) is 0 Å². The van der Waals surface area contributed by atoms with Gasteiger partial charge in [-0.15, -0.1) is 11.3 Å². The molecule has 0 bridgehead atoms. The Kier molecular flexibility index (Phi) is 4.72. The van der Waals surface area contributed by atoms with Gasteiger partial charge in [0.25, 0.3) is 0 Å². The van der Waals surface area contributed by atoms with E-state index < -0.39 is 0 Å². The summed E-state index contributed by atoms with van der Waals surface area (Å²) in [6.45, 7) is 5.87. The smallest absolute Gasteiger partial charge is 0.223 e. The molecule has 0 saturated carbocycles. The van der Waals surface area contributed by atoms with Crippen LogP contribution >= 0.6 is 11.3 Å². The van der Waals surface area contributed by atoms with Crippen LogP contribution in [0.3, 0.4) is 0 Å². The first-order valence-electron chi connectivity index (χ1n) is 6.57. The van der Waals surface area contributed by atoms with Crippen LogP contribution in [0.2, 0.25) is 0 Å². The van der Waals surface area contributed by atoms with E-state index in [-0.39, 0.29) is 11.8 Å². The number of rotatable bonds is 4. The maximum Gasteiger partial charge on any atom is 0.223 e. The average Bonchev–Trinajstić information content (AvgIpc) is 2.89. The van der Waals surface area contributed by atoms with Gasteiger partial charge in [0.15, 0.2) is 0 Å². The highest BCUT2D eigenvalue weighted by Gasteiger charge is 2.24. The molecule has 0 aliphatic carbocycles. The maximum absolute atomic E-state index is 12.1. The van der Waals surface area contributed by atoms with Crippen LogP contribution in [0.5, 0.6) is 0 Å². The van der Waals surface area contributed by atoms with Gasteiger partial charge in [-0.05, 0) is 26.3 Å². The van der Waals surface area contributed by atoms with Gasteiger partial charge in [-0.1, -0.05) is 6.92 Å². The summed E-state index contributed by atoms with van der Waals surface area (Å²) >= 11 is 1.65. The van der Waals surface area contributed by atoms with Crippen LogP contribution in [-0.4, -0.2) is 30.0 Å². The SMILES string of the molecule is CC1CC(C(=O)NCC(C)c2nccs2)CCN1. The Morgan fingerprint density at radius 2 is 2.56 bits per heavy atom. The van der Waals surface area contributed by atoms with Gasteiger partial charge in [-0.2, -0.15) is 0 Å². The highest BCUT2D eigenvalue weighted by molar-refractivity contribution is 7.09. The maximum atomic E-state index is 12.1. The third-order valence-electron chi connectivity index (χ3n) is 3.45. The molecule has 2 heterocycles. The topological polar surface area (TPSA) is 54.0 Å². The molecule has 5 heteroatoms. The van der Waals surface area contributed by atoms with E-state index in [0.717, 1.165) is 24.4 Å². The normalized spacial score (nSPS) is 25.7. The lowest BCUT2D eigenvalue weighted by molar-refractivity contribution is -0.126. The number of hydrogen-bond acceptors (Lipinski definition) is 4. The fourth-order valence-electron chi connectivity index (χ4n) is 2.33. The van der Waals surface area contributed by atoms with E-state index in [9.17, 15) is 4.79 Å². The summed E-state index contributed by atoms with van der Waals surface area (Å²) in [6.07, 6.45) is 3.70. The molecule has 0 aromatic carbocycles. The molecule has 1 aliphatic rings. The van der Waals surface area contributed by atoms with E-state index in [1.54, 1.807) is 11.3 Å². The number of piperidine rings is 1. The fraction of sp³-hybridized carbons (Fsp3) is 0.692. The Morgan fingerprint density at radius 1 is 1.72 bits per heavy atom. The summed E-state index contributed by atoms with van der Waals surface area (Å²) < 4.78 is 0. The van der Waals surface area contributed by atoms with E-state index in [1.165, 1.54) is 0 Å². The molecule has 1 aromatic rings. The van der Waals surface area contributed by atoms with Crippen LogP contribution in [0.15, 0.2) is 11.6 Å². The van der Waals surface area contributed by atoms with Crippen molar-refractivity contribution in [3.8, 4) is 0 Å². The average molecular weight is 267 g/mol. The number of nitrogens with one attached hydrogen (secondary N) is 2. The van der Waals surface area contributed by atoms with Crippen molar-refractivity contribution >= 4 is 17.2 Å². The predicted molar refractivity (Wildman–Crippen MR) is 73.7 cm³/mol. The van der Waals surface area contributed by atoms with Crippen LogP contribution < -0.4 is 10.6 Å². The molecule has 100 valence electrons. The van der Waals surface area contributed by atoms with E-state index >= 15 is 0 Å². The van der Waals surface area contributed by atoms with Crippen molar-refractivity contribution in [2.24, 2.45) is 5.92 Å². The zero-order valence-corrected chi connectivity index (χ0v) is 11.8. The molecule has 1 saturated heterocycles. The number of thiazole rings is 1. The van der Waals surface area contributed by atoms with Crippen LogP contribution in [-0.2, 0) is 4.79 Å². The minimum absolute atomic E-state index is 0.171. The molecule has 1 amide bonds. The number of carbonyl (C=O) groups is 1. The molecule has 2 N–H and O–H groups in total. The van der Waals surface area contributed by atoms with Crippen LogP contribution in [0, 0.1) is 5.92 Å². The number of amides is 1. The number of nitrogens with zero attached hydrogens (tertiary/aromatic N) is 1. The molecule has 3 unspecified atom stereocenters. The first-order chi connectivity index (χ1) is 8.66. The van der Waals surface area contributed by atoms with Gasteiger partial charge in [-0.25, -0.2) is 4.98 Å². The number of hydrogen-bond donors (Lipinski definition) is 2. The minimum Gasteiger partial charge on any atom is -0.355 e. The van der Waals surface area contributed by atoms with Gasteiger partial charge >= 0.3 is 0 Å². The zero-order chi connectivity index (χ0) is 13.0. The van der Waals surface area contributed by atoms with Crippen molar-refractivity contribution in [1.29, 1.82) is 0 Å². The minimum atomic E-state index is 0.171. The van der Waals surface area contributed by atoms with Crippen molar-refractivity contribution < 1.29 is 4.79 Å². The molecule has 1 aliphatic heterocycles. The van der Waals surface area contributed by atoms with Crippen molar-refractivity contribution in [2.45, 2.75) is 38.6 Å². The Hall–Kier alpha value is -0.940. The molecule has 2 rings (SSSR count). The van der Waals surface area contributed by atoms with Gasteiger partial charge in [0.1, 0.15) is 0 Å². The summed E-state index contributed by atoms with van der Waals surface area (Å²) in [7, 11) is 0. The van der Waals surface area contributed by atoms with Crippen molar-refractivity contribution in [3.63, 3.8) is 0 Å². The molecular weight excluding hydrogens is 246 g/mol. The molecule has 18 heavy (non-hydrogen) atoms. The molecule has 0 radical (unpaired) electrons. The van der Waals surface area contributed by atoms with E-state index in [0.29, 0.717) is 18.5 Å². The first kappa shape index (κ1) is 13.5. The lowest BCUT2D eigenvalue weighted by Gasteiger charge is -2.27. The first-order valence-corrected chi connectivity index (χ1v) is 7.45. The molecule has 3 atom stereocenters. The lowest BCUT2D eigenvalue weighted by atomic mass is 9.92. The molecule has 0 spiro atoms.